The first kappa shape index (κ1) is 14.5. The van der Waals surface area contributed by atoms with E-state index in [2.05, 4.69) is 10.3 Å². The average Bonchev–Trinajstić information content (AvgIpc) is 2.27. The number of rotatable bonds is 3. The number of alkyl halides is 3. The minimum Gasteiger partial charge on any atom is -0.351 e. The number of carbonyl (C=O) groups is 1. The van der Waals surface area contributed by atoms with Gasteiger partial charge < -0.3 is 5.32 Å². The van der Waals surface area contributed by atoms with E-state index in [9.17, 15) is 18.0 Å². The largest absolute Gasteiger partial charge is 0.433 e. The number of amides is 1. The van der Waals surface area contributed by atoms with Crippen molar-refractivity contribution in [2.24, 2.45) is 0 Å². The average molecular weight is 260 g/mol. The second kappa shape index (κ2) is 5.37. The highest BCUT2D eigenvalue weighted by molar-refractivity contribution is 5.92. The predicted molar refractivity (Wildman–Crippen MR) is 61.3 cm³/mol. The van der Waals surface area contributed by atoms with Crippen molar-refractivity contribution in [3.63, 3.8) is 0 Å². The van der Waals surface area contributed by atoms with Gasteiger partial charge >= 0.3 is 6.18 Å². The van der Waals surface area contributed by atoms with Gasteiger partial charge in [0.05, 0.1) is 0 Å². The normalized spacial score (nSPS) is 11.7. The predicted octanol–water partition coefficient (Wildman–Crippen LogP) is 2.97. The summed E-state index contributed by atoms with van der Waals surface area (Å²) in [4.78, 5) is 14.9. The van der Waals surface area contributed by atoms with Crippen molar-refractivity contribution in [1.82, 2.24) is 10.3 Å². The molecule has 1 heterocycles. The Kier molecular flexibility index (Phi) is 4.32. The molecular weight excluding hydrogens is 245 g/mol. The first-order valence-electron chi connectivity index (χ1n) is 5.63. The summed E-state index contributed by atoms with van der Waals surface area (Å²) in [5.74, 6) is -0.701. The Balaban J connectivity index is 3.27. The van der Waals surface area contributed by atoms with Gasteiger partial charge in [0.1, 0.15) is 11.4 Å². The standard InChI is InChI=1S/C12H15F3N2O/c1-4-16-11(18)9-5-8(7(2)3)6-10(17-9)12(13,14)15/h5-7H,4H2,1-3H3,(H,16,18). The zero-order chi connectivity index (χ0) is 13.9. The van der Waals surface area contributed by atoms with Gasteiger partial charge in [-0.2, -0.15) is 13.2 Å². The third-order valence-electron chi connectivity index (χ3n) is 2.37. The van der Waals surface area contributed by atoms with Crippen LogP contribution in [0, 0.1) is 0 Å². The van der Waals surface area contributed by atoms with Crippen molar-refractivity contribution in [3.05, 3.63) is 29.1 Å². The molecule has 1 aromatic heterocycles. The molecule has 0 radical (unpaired) electrons. The van der Waals surface area contributed by atoms with E-state index in [1.54, 1.807) is 20.8 Å². The number of hydrogen-bond acceptors (Lipinski definition) is 2. The molecule has 0 saturated carbocycles. The highest BCUT2D eigenvalue weighted by Gasteiger charge is 2.33. The fourth-order valence-corrected chi connectivity index (χ4v) is 1.40. The topological polar surface area (TPSA) is 42.0 Å². The van der Waals surface area contributed by atoms with E-state index in [4.69, 9.17) is 0 Å². The van der Waals surface area contributed by atoms with Crippen LogP contribution in [0.5, 0.6) is 0 Å². The molecule has 1 rings (SSSR count). The van der Waals surface area contributed by atoms with Crippen LogP contribution in [0.2, 0.25) is 0 Å². The molecule has 1 N–H and O–H groups in total. The van der Waals surface area contributed by atoms with Crippen LogP contribution in [0.3, 0.4) is 0 Å². The lowest BCUT2D eigenvalue weighted by molar-refractivity contribution is -0.141. The Hall–Kier alpha value is -1.59. The maximum Gasteiger partial charge on any atom is 0.433 e. The van der Waals surface area contributed by atoms with E-state index < -0.39 is 17.8 Å². The van der Waals surface area contributed by atoms with Crippen molar-refractivity contribution in [2.45, 2.75) is 32.9 Å². The highest BCUT2D eigenvalue weighted by Crippen LogP contribution is 2.30. The molecule has 1 amide bonds. The zero-order valence-electron chi connectivity index (χ0n) is 10.4. The molecule has 3 nitrogen and oxygen atoms in total. The molecule has 6 heteroatoms. The van der Waals surface area contributed by atoms with E-state index in [-0.39, 0.29) is 11.6 Å². The van der Waals surface area contributed by atoms with Gasteiger partial charge in [0, 0.05) is 6.54 Å². The Labute approximate surface area is 103 Å². The fourth-order valence-electron chi connectivity index (χ4n) is 1.40. The molecule has 1 aromatic rings. The number of hydrogen-bond donors (Lipinski definition) is 1. The molecule has 0 aliphatic heterocycles. The summed E-state index contributed by atoms with van der Waals surface area (Å²) in [7, 11) is 0. The second-order valence-corrected chi connectivity index (χ2v) is 4.18. The quantitative estimate of drug-likeness (QED) is 0.907. The lowest BCUT2D eigenvalue weighted by Gasteiger charge is -2.12. The van der Waals surface area contributed by atoms with Gasteiger partial charge in [-0.15, -0.1) is 0 Å². The molecule has 0 atom stereocenters. The molecule has 0 unspecified atom stereocenters. The molecule has 0 aliphatic carbocycles. The minimum absolute atomic E-state index is 0.109. The van der Waals surface area contributed by atoms with Gasteiger partial charge in [-0.3, -0.25) is 4.79 Å². The number of halogens is 3. The van der Waals surface area contributed by atoms with Gasteiger partial charge in [0.2, 0.25) is 0 Å². The Morgan fingerprint density at radius 3 is 2.44 bits per heavy atom. The summed E-state index contributed by atoms with van der Waals surface area (Å²) >= 11 is 0. The first-order chi connectivity index (χ1) is 8.25. The van der Waals surface area contributed by atoms with E-state index >= 15 is 0 Å². The van der Waals surface area contributed by atoms with Crippen molar-refractivity contribution < 1.29 is 18.0 Å². The van der Waals surface area contributed by atoms with E-state index in [1.165, 1.54) is 6.07 Å². The number of nitrogens with zero attached hydrogens (tertiary/aromatic N) is 1. The van der Waals surface area contributed by atoms with Gasteiger partial charge in [0.15, 0.2) is 0 Å². The molecule has 18 heavy (non-hydrogen) atoms. The maximum absolute atomic E-state index is 12.7. The Morgan fingerprint density at radius 1 is 1.39 bits per heavy atom. The van der Waals surface area contributed by atoms with Crippen LogP contribution in [0.1, 0.15) is 48.4 Å². The van der Waals surface area contributed by atoms with E-state index in [0.29, 0.717) is 12.1 Å². The van der Waals surface area contributed by atoms with Crippen LogP contribution in [-0.4, -0.2) is 17.4 Å². The molecular formula is C12H15F3N2O. The number of pyridine rings is 1. The van der Waals surface area contributed by atoms with Crippen LogP contribution < -0.4 is 5.32 Å². The van der Waals surface area contributed by atoms with Gasteiger partial charge in [-0.1, -0.05) is 13.8 Å². The molecule has 0 aromatic carbocycles. The van der Waals surface area contributed by atoms with Crippen LogP contribution in [-0.2, 0) is 6.18 Å². The summed E-state index contributed by atoms with van der Waals surface area (Å²) in [5.41, 5.74) is -0.788. The number of aromatic nitrogens is 1. The lowest BCUT2D eigenvalue weighted by Crippen LogP contribution is -2.25. The molecule has 0 fully saturated rings. The molecule has 100 valence electrons. The number of carbonyl (C=O) groups excluding carboxylic acids is 1. The smallest absolute Gasteiger partial charge is 0.351 e. The SMILES string of the molecule is CCNC(=O)c1cc(C(C)C)cc(C(F)(F)F)n1. The maximum atomic E-state index is 12.7. The van der Waals surface area contributed by atoms with Crippen LogP contribution in [0.4, 0.5) is 13.2 Å². The second-order valence-electron chi connectivity index (χ2n) is 4.18. The number of nitrogens with one attached hydrogen (secondary N) is 1. The zero-order valence-corrected chi connectivity index (χ0v) is 10.4. The van der Waals surface area contributed by atoms with Crippen LogP contribution >= 0.6 is 0 Å². The fraction of sp³-hybridized carbons (Fsp3) is 0.500. The van der Waals surface area contributed by atoms with Crippen molar-refractivity contribution >= 4 is 5.91 Å². The van der Waals surface area contributed by atoms with E-state index in [1.807, 2.05) is 0 Å². The van der Waals surface area contributed by atoms with Crippen LogP contribution in [0.25, 0.3) is 0 Å². The highest BCUT2D eigenvalue weighted by atomic mass is 19.4. The molecule has 0 aliphatic rings. The summed E-state index contributed by atoms with van der Waals surface area (Å²) in [6.45, 7) is 5.55. The van der Waals surface area contributed by atoms with Gasteiger partial charge in [0.25, 0.3) is 5.91 Å². The third kappa shape index (κ3) is 3.45. The Morgan fingerprint density at radius 2 is 2.00 bits per heavy atom. The Bertz CT molecular complexity index is 441. The summed E-state index contributed by atoms with van der Waals surface area (Å²) < 4.78 is 38.0. The van der Waals surface area contributed by atoms with Crippen molar-refractivity contribution in [3.8, 4) is 0 Å². The summed E-state index contributed by atoms with van der Waals surface area (Å²) in [5, 5.41) is 2.44. The lowest BCUT2D eigenvalue weighted by atomic mass is 10.0. The van der Waals surface area contributed by atoms with Crippen molar-refractivity contribution in [1.29, 1.82) is 0 Å². The van der Waals surface area contributed by atoms with Gasteiger partial charge in [-0.25, -0.2) is 4.98 Å². The third-order valence-corrected chi connectivity index (χ3v) is 2.37. The van der Waals surface area contributed by atoms with Crippen molar-refractivity contribution in [2.75, 3.05) is 6.54 Å². The minimum atomic E-state index is -4.55. The summed E-state index contributed by atoms with van der Waals surface area (Å²) in [6.07, 6.45) is -4.55. The monoisotopic (exact) mass is 260 g/mol. The summed E-state index contributed by atoms with van der Waals surface area (Å²) in [6, 6.07) is 2.37. The van der Waals surface area contributed by atoms with Gasteiger partial charge in [-0.05, 0) is 30.5 Å². The molecule has 0 saturated heterocycles. The molecule has 0 spiro atoms. The first-order valence-corrected chi connectivity index (χ1v) is 5.63. The van der Waals surface area contributed by atoms with E-state index in [0.717, 1.165) is 6.07 Å². The molecule has 0 bridgehead atoms. The van der Waals surface area contributed by atoms with Crippen LogP contribution in [0.15, 0.2) is 12.1 Å².